The number of ether oxygens (including phenoxy) is 2. The van der Waals surface area contributed by atoms with Crippen LogP contribution in [0.15, 0.2) is 71.8 Å². The van der Waals surface area contributed by atoms with Crippen molar-refractivity contribution < 1.29 is 18.7 Å². The fraction of sp³-hybridized carbons (Fsp3) is 0.154. The summed E-state index contributed by atoms with van der Waals surface area (Å²) in [5.74, 6) is 0.161. The Morgan fingerprint density at radius 1 is 1.16 bits per heavy atom. The number of carbonyl (C=O) groups excluding carboxylic acids is 1. The summed E-state index contributed by atoms with van der Waals surface area (Å²) in [7, 11) is 1.46. The Hall–Kier alpha value is -3.09. The second-order valence-electron chi connectivity index (χ2n) is 7.88. The van der Waals surface area contributed by atoms with Gasteiger partial charge in [-0.2, -0.15) is 9.78 Å². The molecule has 38 heavy (non-hydrogen) atoms. The molecule has 0 fully saturated rings. The van der Waals surface area contributed by atoms with Crippen LogP contribution in [-0.2, 0) is 11.2 Å². The molecule has 1 aromatic heterocycles. The van der Waals surface area contributed by atoms with Gasteiger partial charge in [-0.1, -0.05) is 28.9 Å². The number of nitrogens with one attached hydrogen (secondary N) is 1. The maximum Gasteiger partial charge on any atom is 0.282 e. The van der Waals surface area contributed by atoms with Gasteiger partial charge in [0.1, 0.15) is 11.6 Å². The largest absolute Gasteiger partial charge is 0.493 e. The molecular formula is C26H20Br3FN4O4. The van der Waals surface area contributed by atoms with Crippen LogP contribution in [-0.4, -0.2) is 35.5 Å². The van der Waals surface area contributed by atoms with E-state index in [4.69, 9.17) is 9.47 Å². The van der Waals surface area contributed by atoms with Gasteiger partial charge in [-0.15, -0.1) is 0 Å². The van der Waals surface area contributed by atoms with E-state index in [1.54, 1.807) is 24.3 Å². The minimum absolute atomic E-state index is 0.273. The lowest BCUT2D eigenvalue weighted by atomic mass is 10.2. The van der Waals surface area contributed by atoms with Gasteiger partial charge in [0.2, 0.25) is 0 Å². The lowest BCUT2D eigenvalue weighted by Gasteiger charge is -2.15. The second-order valence-corrected chi connectivity index (χ2v) is 10.4. The number of benzene rings is 3. The third kappa shape index (κ3) is 6.13. The van der Waals surface area contributed by atoms with Crippen LogP contribution in [0.25, 0.3) is 10.9 Å². The van der Waals surface area contributed by atoms with E-state index in [0.29, 0.717) is 49.1 Å². The number of amides is 1. The minimum atomic E-state index is -0.478. The van der Waals surface area contributed by atoms with Crippen molar-refractivity contribution in [1.29, 1.82) is 0 Å². The number of aryl methyl sites for hydroxylation is 1. The smallest absolute Gasteiger partial charge is 0.282 e. The van der Waals surface area contributed by atoms with Crippen molar-refractivity contribution in [3.8, 4) is 11.5 Å². The topological polar surface area (TPSA) is 94.8 Å². The lowest BCUT2D eigenvalue weighted by molar-refractivity contribution is -0.118. The van der Waals surface area contributed by atoms with Crippen LogP contribution < -0.4 is 20.3 Å². The van der Waals surface area contributed by atoms with E-state index in [1.165, 1.54) is 36.2 Å². The summed E-state index contributed by atoms with van der Waals surface area (Å²) in [6.07, 6.45) is 2.00. The molecule has 4 aromatic rings. The van der Waals surface area contributed by atoms with Crippen molar-refractivity contribution in [2.24, 2.45) is 5.10 Å². The molecule has 3 aromatic carbocycles. The molecule has 8 nitrogen and oxygen atoms in total. The molecule has 4 rings (SSSR count). The van der Waals surface area contributed by atoms with Crippen LogP contribution >= 0.6 is 47.8 Å². The van der Waals surface area contributed by atoms with Gasteiger partial charge in [-0.3, -0.25) is 9.59 Å². The molecule has 0 aliphatic rings. The summed E-state index contributed by atoms with van der Waals surface area (Å²) in [5.41, 5.74) is 1.19. The highest BCUT2D eigenvalue weighted by atomic mass is 79.9. The van der Waals surface area contributed by atoms with Gasteiger partial charge in [-0.25, -0.2) is 9.37 Å². The van der Waals surface area contributed by atoms with E-state index in [0.717, 1.165) is 4.47 Å². The predicted molar refractivity (Wildman–Crippen MR) is 155 cm³/mol. The molecule has 0 radical (unpaired) electrons. The molecule has 1 heterocycles. The van der Waals surface area contributed by atoms with E-state index in [2.05, 4.69) is 63.2 Å². The van der Waals surface area contributed by atoms with Gasteiger partial charge in [0.25, 0.3) is 11.5 Å². The van der Waals surface area contributed by atoms with Gasteiger partial charge in [0.15, 0.2) is 18.1 Å². The number of hydrogen-bond acceptors (Lipinski definition) is 6. The molecule has 0 atom stereocenters. The van der Waals surface area contributed by atoms with Gasteiger partial charge in [-0.05, 0) is 74.3 Å². The first-order chi connectivity index (χ1) is 18.2. The zero-order valence-electron chi connectivity index (χ0n) is 20.1. The molecule has 0 spiro atoms. The highest BCUT2D eigenvalue weighted by molar-refractivity contribution is 9.13. The molecule has 12 heteroatoms. The average molecular weight is 711 g/mol. The van der Waals surface area contributed by atoms with Gasteiger partial charge in [0.05, 0.1) is 28.7 Å². The Balaban J connectivity index is 1.61. The number of nitrogens with zero attached hydrogens (tertiary/aromatic N) is 3. The molecule has 0 aliphatic heterocycles. The highest BCUT2D eigenvalue weighted by Crippen LogP contribution is 2.42. The minimum Gasteiger partial charge on any atom is -0.493 e. The number of hydrogen-bond donors (Lipinski definition) is 1. The molecule has 0 unspecified atom stereocenters. The SMILES string of the molecule is CCc1nc2ccc(Br)cc2c(=O)n1N=Cc1cc(OC)c(OCC(=O)Nc2cccc(F)c2)c(Br)c1Br. The number of rotatable bonds is 8. The Kier molecular flexibility index (Phi) is 8.95. The van der Waals surface area contributed by atoms with Crippen molar-refractivity contribution in [1.82, 2.24) is 9.66 Å². The molecule has 0 saturated heterocycles. The predicted octanol–water partition coefficient (Wildman–Crippen LogP) is 6.29. The van der Waals surface area contributed by atoms with Crippen LogP contribution in [0.2, 0.25) is 0 Å². The first kappa shape index (κ1) is 27.9. The summed E-state index contributed by atoms with van der Waals surface area (Å²) in [5, 5.41) is 7.43. The van der Waals surface area contributed by atoms with Gasteiger partial charge < -0.3 is 14.8 Å². The quantitative estimate of drug-likeness (QED) is 0.217. The Bertz CT molecular complexity index is 1620. The van der Waals surface area contributed by atoms with Crippen LogP contribution in [0.1, 0.15) is 18.3 Å². The fourth-order valence-electron chi connectivity index (χ4n) is 3.55. The molecule has 196 valence electrons. The normalized spacial score (nSPS) is 11.2. The molecule has 0 bridgehead atoms. The van der Waals surface area contributed by atoms with Crippen LogP contribution in [0.3, 0.4) is 0 Å². The third-order valence-corrected chi connectivity index (χ3v) is 7.97. The maximum absolute atomic E-state index is 13.4. The third-order valence-electron chi connectivity index (χ3n) is 5.34. The van der Waals surface area contributed by atoms with Gasteiger partial charge >= 0.3 is 0 Å². The van der Waals surface area contributed by atoms with Crippen LogP contribution in [0, 0.1) is 5.82 Å². The standard InChI is InChI=1S/C26H20Br3FN4O4/c1-3-21-33-19-8-7-15(27)10-18(19)26(36)34(21)31-12-14-9-20(37-2)25(24(29)23(14)28)38-13-22(35)32-17-6-4-5-16(30)11-17/h4-12H,3,13H2,1-2H3,(H,32,35). The van der Waals surface area contributed by atoms with Crippen molar-refractivity contribution in [3.05, 3.63) is 89.5 Å². The van der Waals surface area contributed by atoms with Crippen LogP contribution in [0.5, 0.6) is 11.5 Å². The van der Waals surface area contributed by atoms with Crippen molar-refractivity contribution >= 4 is 76.5 Å². The van der Waals surface area contributed by atoms with E-state index >= 15 is 0 Å². The van der Waals surface area contributed by atoms with E-state index in [9.17, 15) is 14.0 Å². The number of aromatic nitrogens is 2. The summed E-state index contributed by atoms with van der Waals surface area (Å²) in [6.45, 7) is 1.55. The lowest BCUT2D eigenvalue weighted by Crippen LogP contribution is -2.22. The monoisotopic (exact) mass is 708 g/mol. The molecule has 0 saturated carbocycles. The molecule has 1 N–H and O–H groups in total. The Morgan fingerprint density at radius 3 is 2.66 bits per heavy atom. The van der Waals surface area contributed by atoms with Gasteiger partial charge in [0, 0.05) is 26.6 Å². The van der Waals surface area contributed by atoms with E-state index in [-0.39, 0.29) is 17.9 Å². The molecule has 1 amide bonds. The summed E-state index contributed by atoms with van der Waals surface area (Å²) in [4.78, 5) is 30.1. The first-order valence-electron chi connectivity index (χ1n) is 11.2. The molecular weight excluding hydrogens is 691 g/mol. The fourth-order valence-corrected chi connectivity index (χ4v) is 4.85. The Labute approximate surface area is 242 Å². The zero-order valence-corrected chi connectivity index (χ0v) is 24.9. The maximum atomic E-state index is 13.4. The first-order valence-corrected chi connectivity index (χ1v) is 13.6. The van der Waals surface area contributed by atoms with Crippen molar-refractivity contribution in [2.75, 3.05) is 19.0 Å². The number of fused-ring (bicyclic) bond motifs is 1. The number of halogens is 4. The average Bonchev–Trinajstić information content (AvgIpc) is 2.89. The zero-order chi connectivity index (χ0) is 27.4. The van der Waals surface area contributed by atoms with E-state index in [1.807, 2.05) is 13.0 Å². The summed E-state index contributed by atoms with van der Waals surface area (Å²) < 4.78 is 27.6. The summed E-state index contributed by atoms with van der Waals surface area (Å²) >= 11 is 10.4. The number of carbonyl (C=O) groups is 1. The summed E-state index contributed by atoms with van der Waals surface area (Å²) in [6, 6.07) is 12.5. The van der Waals surface area contributed by atoms with Crippen molar-refractivity contribution in [2.45, 2.75) is 13.3 Å². The molecule has 0 aliphatic carbocycles. The van der Waals surface area contributed by atoms with Crippen LogP contribution in [0.4, 0.5) is 10.1 Å². The number of anilines is 1. The highest BCUT2D eigenvalue weighted by Gasteiger charge is 2.18. The number of methoxy groups -OCH3 is 1. The second kappa shape index (κ2) is 12.2. The van der Waals surface area contributed by atoms with Crippen molar-refractivity contribution in [3.63, 3.8) is 0 Å². The Morgan fingerprint density at radius 2 is 1.95 bits per heavy atom. The van der Waals surface area contributed by atoms with E-state index < -0.39 is 11.7 Å².